The van der Waals surface area contributed by atoms with Gasteiger partial charge in [-0.15, -0.1) is 11.3 Å². The smallest absolute Gasteiger partial charge is 0.293 e. The molecule has 2 heterocycles. The van der Waals surface area contributed by atoms with Crippen LogP contribution in [0.5, 0.6) is 5.75 Å². The second kappa shape index (κ2) is 4.44. The minimum atomic E-state index is -0.161. The molecule has 0 unspecified atom stereocenters. The molecule has 0 atom stereocenters. The summed E-state index contributed by atoms with van der Waals surface area (Å²) >= 11 is 1.55. The van der Waals surface area contributed by atoms with Gasteiger partial charge in [-0.25, -0.2) is 0 Å². The second-order valence-corrected chi connectivity index (χ2v) is 5.20. The van der Waals surface area contributed by atoms with E-state index < -0.39 is 0 Å². The lowest BCUT2D eigenvalue weighted by molar-refractivity contribution is -0.117. The Kier molecular flexibility index (Phi) is 2.76. The number of nitrogens with zero attached hydrogens (tertiary/aromatic N) is 1. The quantitative estimate of drug-likeness (QED) is 0.641. The number of nitrogens with two attached hydrogens (primary N) is 1. The van der Waals surface area contributed by atoms with Crippen LogP contribution in [0.2, 0.25) is 0 Å². The number of hydrogen-bond acceptors (Lipinski definition) is 4. The Bertz CT molecular complexity index is 662. The fraction of sp³-hybridized carbons (Fsp3) is 0.0714. The predicted octanol–water partition coefficient (Wildman–Crippen LogP) is 2.73. The number of rotatable bonds is 1. The van der Waals surface area contributed by atoms with E-state index in [9.17, 15) is 4.79 Å². The number of hydrogen-bond donors (Lipinski definition) is 1. The van der Waals surface area contributed by atoms with Crippen LogP contribution in [0.15, 0.2) is 41.5 Å². The molecule has 19 heavy (non-hydrogen) atoms. The molecule has 96 valence electrons. The lowest BCUT2D eigenvalue weighted by Gasteiger charge is -2.27. The number of ether oxygens (including phenoxy) is 1. The van der Waals surface area contributed by atoms with Crippen LogP contribution in [-0.4, -0.2) is 13.0 Å². The molecule has 0 radical (unpaired) electrons. The zero-order valence-corrected chi connectivity index (χ0v) is 11.1. The van der Waals surface area contributed by atoms with Gasteiger partial charge in [0, 0.05) is 29.8 Å². The fourth-order valence-corrected chi connectivity index (χ4v) is 2.57. The highest BCUT2D eigenvalue weighted by atomic mass is 32.1. The van der Waals surface area contributed by atoms with Crippen LogP contribution in [0.4, 0.5) is 11.4 Å². The van der Waals surface area contributed by atoms with Gasteiger partial charge in [0.05, 0.1) is 5.69 Å². The summed E-state index contributed by atoms with van der Waals surface area (Å²) in [6.07, 6.45) is 1.75. The van der Waals surface area contributed by atoms with Gasteiger partial charge in [-0.3, -0.25) is 4.79 Å². The molecule has 2 aromatic rings. The second-order valence-electron chi connectivity index (χ2n) is 4.22. The number of fused-ring (bicyclic) bond motifs is 1. The lowest BCUT2D eigenvalue weighted by atomic mass is 10.2. The van der Waals surface area contributed by atoms with E-state index in [0.29, 0.717) is 17.2 Å². The molecule has 0 spiro atoms. The predicted molar refractivity (Wildman–Crippen MR) is 77.2 cm³/mol. The third-order valence-corrected chi connectivity index (χ3v) is 3.72. The van der Waals surface area contributed by atoms with Crippen LogP contribution in [-0.2, 0) is 4.79 Å². The summed E-state index contributed by atoms with van der Waals surface area (Å²) in [6, 6.07) is 9.12. The van der Waals surface area contributed by atoms with Crippen molar-refractivity contribution in [1.82, 2.24) is 0 Å². The zero-order chi connectivity index (χ0) is 13.4. The average molecular weight is 272 g/mol. The molecule has 3 rings (SSSR count). The summed E-state index contributed by atoms with van der Waals surface area (Å²) in [7, 11) is 1.72. The molecule has 2 N–H and O–H groups in total. The molecule has 1 aliphatic heterocycles. The first-order valence-electron chi connectivity index (χ1n) is 5.76. The third-order valence-electron chi connectivity index (χ3n) is 2.90. The van der Waals surface area contributed by atoms with E-state index in [1.165, 1.54) is 0 Å². The van der Waals surface area contributed by atoms with Crippen molar-refractivity contribution in [3.8, 4) is 5.75 Å². The molecule has 0 aliphatic carbocycles. The maximum atomic E-state index is 12.2. The highest BCUT2D eigenvalue weighted by Gasteiger charge is 2.27. The van der Waals surface area contributed by atoms with Crippen molar-refractivity contribution in [2.24, 2.45) is 0 Å². The number of amides is 1. The van der Waals surface area contributed by atoms with E-state index in [0.717, 1.165) is 10.6 Å². The molecule has 4 nitrogen and oxygen atoms in total. The largest absolute Gasteiger partial charge is 0.449 e. The van der Waals surface area contributed by atoms with E-state index in [-0.39, 0.29) is 5.91 Å². The molecular weight excluding hydrogens is 260 g/mol. The summed E-state index contributed by atoms with van der Waals surface area (Å²) in [5.74, 6) is 0.749. The molecule has 5 heteroatoms. The summed E-state index contributed by atoms with van der Waals surface area (Å²) in [6.45, 7) is 0. The number of anilines is 2. The van der Waals surface area contributed by atoms with Gasteiger partial charge in [0.25, 0.3) is 5.91 Å². The summed E-state index contributed by atoms with van der Waals surface area (Å²) < 4.78 is 5.67. The van der Waals surface area contributed by atoms with Gasteiger partial charge in [0.15, 0.2) is 11.5 Å². The first-order chi connectivity index (χ1) is 9.15. The Morgan fingerprint density at radius 2 is 2.21 bits per heavy atom. The molecule has 0 bridgehead atoms. The zero-order valence-electron chi connectivity index (χ0n) is 10.3. The average Bonchev–Trinajstić information content (AvgIpc) is 2.88. The van der Waals surface area contributed by atoms with Gasteiger partial charge >= 0.3 is 0 Å². The summed E-state index contributed by atoms with van der Waals surface area (Å²) in [5, 5.41) is 1.95. The van der Waals surface area contributed by atoms with E-state index in [1.807, 2.05) is 17.5 Å². The molecule has 0 saturated carbocycles. The number of thiophene rings is 1. The van der Waals surface area contributed by atoms with Crippen molar-refractivity contribution in [2.45, 2.75) is 0 Å². The Balaban J connectivity index is 2.05. The molecule has 0 saturated heterocycles. The van der Waals surface area contributed by atoms with Gasteiger partial charge in [0.1, 0.15) is 0 Å². The van der Waals surface area contributed by atoms with E-state index in [1.54, 1.807) is 47.6 Å². The maximum Gasteiger partial charge on any atom is 0.293 e. The first-order valence-corrected chi connectivity index (χ1v) is 6.64. The summed E-state index contributed by atoms with van der Waals surface area (Å²) in [4.78, 5) is 14.7. The van der Waals surface area contributed by atoms with Crippen LogP contribution < -0.4 is 15.4 Å². The van der Waals surface area contributed by atoms with Crippen molar-refractivity contribution in [2.75, 3.05) is 17.7 Å². The van der Waals surface area contributed by atoms with Gasteiger partial charge in [0.2, 0.25) is 0 Å². The van der Waals surface area contributed by atoms with Crippen molar-refractivity contribution < 1.29 is 9.53 Å². The number of carbonyl (C=O) groups is 1. The van der Waals surface area contributed by atoms with E-state index in [4.69, 9.17) is 10.5 Å². The van der Waals surface area contributed by atoms with E-state index >= 15 is 0 Å². The van der Waals surface area contributed by atoms with Crippen molar-refractivity contribution >= 4 is 34.7 Å². The highest BCUT2D eigenvalue weighted by molar-refractivity contribution is 7.10. The van der Waals surface area contributed by atoms with Crippen LogP contribution in [0.25, 0.3) is 6.08 Å². The Hall–Kier alpha value is -2.27. The van der Waals surface area contributed by atoms with Gasteiger partial charge in [-0.2, -0.15) is 0 Å². The lowest BCUT2D eigenvalue weighted by Crippen LogP contribution is -2.33. The Morgan fingerprint density at radius 3 is 2.95 bits per heavy atom. The van der Waals surface area contributed by atoms with Crippen LogP contribution in [0.1, 0.15) is 4.88 Å². The molecule has 1 amide bonds. The molecule has 1 aromatic heterocycles. The minimum Gasteiger partial charge on any atom is -0.449 e. The molecule has 0 fully saturated rings. The van der Waals surface area contributed by atoms with Crippen molar-refractivity contribution in [3.63, 3.8) is 0 Å². The van der Waals surface area contributed by atoms with Gasteiger partial charge < -0.3 is 15.4 Å². The number of likely N-dealkylation sites (N-methyl/N-ethyl adjacent to an activating group) is 1. The minimum absolute atomic E-state index is 0.161. The van der Waals surface area contributed by atoms with Crippen LogP contribution in [0.3, 0.4) is 0 Å². The fourth-order valence-electron chi connectivity index (χ4n) is 1.92. The number of nitrogen functional groups attached to an aromatic ring is 1. The van der Waals surface area contributed by atoms with Crippen molar-refractivity contribution in [1.29, 1.82) is 0 Å². The Labute approximate surface area is 114 Å². The Morgan fingerprint density at radius 1 is 1.37 bits per heavy atom. The van der Waals surface area contributed by atoms with E-state index in [2.05, 4.69) is 0 Å². The van der Waals surface area contributed by atoms with Crippen LogP contribution >= 0.6 is 11.3 Å². The van der Waals surface area contributed by atoms with Gasteiger partial charge in [-0.05, 0) is 23.6 Å². The molecule has 1 aromatic carbocycles. The van der Waals surface area contributed by atoms with Crippen LogP contribution in [0, 0.1) is 0 Å². The monoisotopic (exact) mass is 272 g/mol. The topological polar surface area (TPSA) is 55.6 Å². The summed E-state index contributed by atoms with van der Waals surface area (Å²) in [5.41, 5.74) is 7.08. The highest BCUT2D eigenvalue weighted by Crippen LogP contribution is 2.36. The number of carbonyl (C=O) groups excluding carboxylic acids is 1. The maximum absolute atomic E-state index is 12.2. The number of benzene rings is 1. The first kappa shape index (κ1) is 11.8. The normalized spacial score (nSPS) is 16.4. The third kappa shape index (κ3) is 2.08. The molecular formula is C14H12N2O2S. The SMILES string of the molecule is CN1C(=O)/C(=C\c2cccs2)Oc2cc(N)ccc21. The standard InChI is InChI=1S/C14H12N2O2S/c1-16-11-5-4-9(15)7-12(11)18-13(14(16)17)8-10-3-2-6-19-10/h2-8H,15H2,1H3/b13-8+. The van der Waals surface area contributed by atoms with Gasteiger partial charge in [-0.1, -0.05) is 6.07 Å². The van der Waals surface area contributed by atoms with Crippen molar-refractivity contribution in [3.05, 3.63) is 46.3 Å². The molecule has 1 aliphatic rings.